The van der Waals surface area contributed by atoms with Gasteiger partial charge in [0.05, 0.1) is 30.5 Å². The summed E-state index contributed by atoms with van der Waals surface area (Å²) in [6, 6.07) is 15.4. The molecule has 3 rings (SSSR count). The van der Waals surface area contributed by atoms with E-state index in [-0.39, 0.29) is 27.5 Å². The number of para-hydroxylation sites is 1. The summed E-state index contributed by atoms with van der Waals surface area (Å²) in [6.45, 7) is 0. The Hall–Kier alpha value is -3.63. The van der Waals surface area contributed by atoms with E-state index in [9.17, 15) is 9.59 Å². The van der Waals surface area contributed by atoms with Crippen LogP contribution in [0.25, 0.3) is 16.9 Å². The molecule has 0 aliphatic carbocycles. The third-order valence-electron chi connectivity index (χ3n) is 4.02. The molecule has 28 heavy (non-hydrogen) atoms. The second-order valence-electron chi connectivity index (χ2n) is 5.61. The maximum atomic E-state index is 12.5. The number of carbonyl (C=O) groups excluding carboxylic acids is 2. The summed E-state index contributed by atoms with van der Waals surface area (Å²) in [5.74, 6) is -1.50. The van der Waals surface area contributed by atoms with Crippen molar-refractivity contribution in [3.05, 3.63) is 70.4 Å². The van der Waals surface area contributed by atoms with Crippen LogP contribution in [0.15, 0.2) is 48.5 Å². The highest BCUT2D eigenvalue weighted by atomic mass is 35.5. The number of methoxy groups -OCH3 is 2. The van der Waals surface area contributed by atoms with Gasteiger partial charge in [0.1, 0.15) is 17.3 Å². The molecule has 0 N–H and O–H groups in total. The predicted octanol–water partition coefficient (Wildman–Crippen LogP) is 3.64. The summed E-state index contributed by atoms with van der Waals surface area (Å²) < 4.78 is 11.1. The van der Waals surface area contributed by atoms with Gasteiger partial charge in [-0.3, -0.25) is 0 Å². The van der Waals surface area contributed by atoms with E-state index in [1.54, 1.807) is 30.3 Å². The van der Waals surface area contributed by atoms with E-state index in [0.717, 1.165) is 0 Å². The molecular weight excluding hydrogens is 382 g/mol. The van der Waals surface area contributed by atoms with Crippen molar-refractivity contribution < 1.29 is 19.1 Å². The summed E-state index contributed by atoms with van der Waals surface area (Å²) in [5.41, 5.74) is 1.33. The van der Waals surface area contributed by atoms with Crippen LogP contribution >= 0.6 is 11.6 Å². The Balaban J connectivity index is 2.35. The van der Waals surface area contributed by atoms with Gasteiger partial charge in [-0.2, -0.15) is 10.4 Å². The Morgan fingerprint density at radius 3 is 2.32 bits per heavy atom. The highest BCUT2D eigenvalue weighted by molar-refractivity contribution is 6.32. The number of hydrogen-bond acceptors (Lipinski definition) is 6. The minimum absolute atomic E-state index is 0.0565. The highest BCUT2D eigenvalue weighted by Gasteiger charge is 2.31. The molecule has 0 unspecified atom stereocenters. The van der Waals surface area contributed by atoms with Crippen molar-refractivity contribution in [3.63, 3.8) is 0 Å². The first-order valence-corrected chi connectivity index (χ1v) is 8.44. The zero-order valence-electron chi connectivity index (χ0n) is 15.0. The van der Waals surface area contributed by atoms with Gasteiger partial charge in [-0.15, -0.1) is 0 Å². The van der Waals surface area contributed by atoms with Crippen molar-refractivity contribution in [1.82, 2.24) is 9.78 Å². The average Bonchev–Trinajstić information content (AvgIpc) is 3.13. The van der Waals surface area contributed by atoms with Crippen LogP contribution in [0.2, 0.25) is 5.02 Å². The monoisotopic (exact) mass is 395 g/mol. The molecule has 0 saturated carbocycles. The van der Waals surface area contributed by atoms with Crippen LogP contribution in [0, 0.1) is 11.3 Å². The summed E-state index contributed by atoms with van der Waals surface area (Å²) in [7, 11) is 2.42. The first-order chi connectivity index (χ1) is 13.5. The Morgan fingerprint density at radius 1 is 1.07 bits per heavy atom. The quantitative estimate of drug-likeness (QED) is 0.626. The molecule has 1 aromatic heterocycles. The van der Waals surface area contributed by atoms with E-state index in [4.69, 9.17) is 26.3 Å². The number of carbonyl (C=O) groups is 2. The number of halogens is 1. The molecule has 8 heteroatoms. The lowest BCUT2D eigenvalue weighted by Crippen LogP contribution is -2.15. The van der Waals surface area contributed by atoms with Crippen molar-refractivity contribution in [2.45, 2.75) is 0 Å². The van der Waals surface area contributed by atoms with E-state index in [2.05, 4.69) is 5.10 Å². The van der Waals surface area contributed by atoms with Crippen LogP contribution in [0.5, 0.6) is 0 Å². The van der Waals surface area contributed by atoms with Crippen LogP contribution in [-0.4, -0.2) is 35.9 Å². The Kier molecular flexibility index (Phi) is 5.43. The van der Waals surface area contributed by atoms with Crippen molar-refractivity contribution in [2.75, 3.05) is 14.2 Å². The van der Waals surface area contributed by atoms with E-state index >= 15 is 0 Å². The zero-order valence-corrected chi connectivity index (χ0v) is 15.7. The summed E-state index contributed by atoms with van der Waals surface area (Å²) in [6.07, 6.45) is 0. The molecule has 140 valence electrons. The molecule has 0 bridgehead atoms. The molecule has 0 saturated heterocycles. The van der Waals surface area contributed by atoms with Crippen molar-refractivity contribution in [2.24, 2.45) is 0 Å². The molecule has 0 atom stereocenters. The summed E-state index contributed by atoms with van der Waals surface area (Å²) >= 11 is 6.13. The van der Waals surface area contributed by atoms with Gasteiger partial charge in [-0.05, 0) is 24.3 Å². The normalized spacial score (nSPS) is 10.2. The van der Waals surface area contributed by atoms with E-state index in [1.807, 2.05) is 12.1 Å². The van der Waals surface area contributed by atoms with Crippen molar-refractivity contribution in [1.29, 1.82) is 5.26 Å². The minimum atomic E-state index is -0.752. The molecule has 0 aliphatic heterocycles. The Morgan fingerprint density at radius 2 is 1.75 bits per heavy atom. The van der Waals surface area contributed by atoms with Gasteiger partial charge < -0.3 is 9.47 Å². The number of rotatable bonds is 4. The molecule has 0 radical (unpaired) electrons. The zero-order chi connectivity index (χ0) is 20.3. The number of esters is 2. The number of nitriles is 1. The van der Waals surface area contributed by atoms with E-state index in [1.165, 1.54) is 31.0 Å². The first-order valence-electron chi connectivity index (χ1n) is 8.07. The minimum Gasteiger partial charge on any atom is -0.465 e. The second-order valence-corrected chi connectivity index (χ2v) is 6.02. The molecule has 0 fully saturated rings. The number of hydrogen-bond donors (Lipinski definition) is 0. The molecule has 1 heterocycles. The van der Waals surface area contributed by atoms with Crippen LogP contribution in [0.1, 0.15) is 26.4 Å². The molecular formula is C20H14ClN3O4. The average molecular weight is 396 g/mol. The topological polar surface area (TPSA) is 94.2 Å². The van der Waals surface area contributed by atoms with Crippen LogP contribution < -0.4 is 0 Å². The molecule has 0 spiro atoms. The number of ether oxygens (including phenoxy) is 2. The molecule has 7 nitrogen and oxygen atoms in total. The van der Waals surface area contributed by atoms with Crippen LogP contribution in [-0.2, 0) is 9.47 Å². The predicted molar refractivity (Wildman–Crippen MR) is 101 cm³/mol. The van der Waals surface area contributed by atoms with Gasteiger partial charge in [-0.1, -0.05) is 35.9 Å². The smallest absolute Gasteiger partial charge is 0.357 e. The van der Waals surface area contributed by atoms with Gasteiger partial charge in [-0.25, -0.2) is 14.3 Å². The lowest BCUT2D eigenvalue weighted by molar-refractivity contribution is 0.0549. The lowest BCUT2D eigenvalue weighted by atomic mass is 10.0. The van der Waals surface area contributed by atoms with E-state index in [0.29, 0.717) is 11.3 Å². The largest absolute Gasteiger partial charge is 0.465 e. The second kappa shape index (κ2) is 7.94. The molecule has 2 aromatic carbocycles. The number of aromatic nitrogens is 2. The third kappa shape index (κ3) is 3.33. The fourth-order valence-electron chi connectivity index (χ4n) is 2.71. The molecule has 3 aromatic rings. The van der Waals surface area contributed by atoms with Crippen LogP contribution in [0.4, 0.5) is 0 Å². The summed E-state index contributed by atoms with van der Waals surface area (Å²) in [4.78, 5) is 25.0. The maximum absolute atomic E-state index is 12.5. The van der Waals surface area contributed by atoms with Gasteiger partial charge >= 0.3 is 11.9 Å². The third-order valence-corrected chi connectivity index (χ3v) is 4.33. The van der Waals surface area contributed by atoms with Gasteiger partial charge in [0.25, 0.3) is 0 Å². The fourth-order valence-corrected chi connectivity index (χ4v) is 2.93. The number of nitrogens with zero attached hydrogens (tertiary/aromatic N) is 3. The molecule has 0 amide bonds. The summed E-state index contributed by atoms with van der Waals surface area (Å²) in [5, 5.41) is 13.7. The Bertz CT molecular complexity index is 1100. The lowest BCUT2D eigenvalue weighted by Gasteiger charge is -2.07. The van der Waals surface area contributed by atoms with Crippen molar-refractivity contribution >= 4 is 23.5 Å². The van der Waals surface area contributed by atoms with Gasteiger partial charge in [0, 0.05) is 5.56 Å². The van der Waals surface area contributed by atoms with Crippen molar-refractivity contribution in [3.8, 4) is 23.0 Å². The highest BCUT2D eigenvalue weighted by Crippen LogP contribution is 2.31. The molecule has 0 aliphatic rings. The number of benzene rings is 2. The standard InChI is InChI=1S/C20H14ClN3O4/c1-27-19(25)16-17(12-8-9-13(11-22)15(21)10-12)23-24(18(16)20(26)28-2)14-6-4-3-5-7-14/h3-10H,1-2H3. The Labute approximate surface area is 165 Å². The maximum Gasteiger partial charge on any atom is 0.357 e. The van der Waals surface area contributed by atoms with E-state index < -0.39 is 11.9 Å². The van der Waals surface area contributed by atoms with Gasteiger partial charge in [0.15, 0.2) is 5.69 Å². The SMILES string of the molecule is COC(=O)c1c(-c2ccc(C#N)c(Cl)c2)nn(-c2ccccc2)c1C(=O)OC. The fraction of sp³-hybridized carbons (Fsp3) is 0.100. The first kappa shape index (κ1) is 19.1. The van der Waals surface area contributed by atoms with Gasteiger partial charge in [0.2, 0.25) is 0 Å². The van der Waals surface area contributed by atoms with Crippen LogP contribution in [0.3, 0.4) is 0 Å².